The Morgan fingerprint density at radius 2 is 2.14 bits per heavy atom. The van der Waals surface area contributed by atoms with Crippen LogP contribution in [0.2, 0.25) is 0 Å². The van der Waals surface area contributed by atoms with Crippen molar-refractivity contribution in [2.45, 2.75) is 13.3 Å². The summed E-state index contributed by atoms with van der Waals surface area (Å²) < 4.78 is 1.14. The van der Waals surface area contributed by atoms with E-state index in [1.54, 1.807) is 0 Å². The number of nitrogens with zero attached hydrogens (tertiary/aromatic N) is 1. The number of halogens is 1. The van der Waals surface area contributed by atoms with Gasteiger partial charge in [-0.2, -0.15) is 12.6 Å². The van der Waals surface area contributed by atoms with Gasteiger partial charge in [-0.05, 0) is 36.8 Å². The van der Waals surface area contributed by atoms with E-state index in [1.165, 1.54) is 11.3 Å². The fourth-order valence-corrected chi connectivity index (χ4v) is 1.91. The first kappa shape index (κ1) is 11.9. The molecule has 1 nitrogen and oxygen atoms in total. The van der Waals surface area contributed by atoms with Gasteiger partial charge in [-0.1, -0.05) is 22.0 Å². The molecule has 0 fully saturated rings. The molecule has 0 spiro atoms. The summed E-state index contributed by atoms with van der Waals surface area (Å²) >= 11 is 7.71. The second-order valence-corrected chi connectivity index (χ2v) is 4.79. The fourth-order valence-electron chi connectivity index (χ4n) is 1.42. The van der Waals surface area contributed by atoms with Gasteiger partial charge in [0.1, 0.15) is 0 Å². The second kappa shape index (κ2) is 5.66. The van der Waals surface area contributed by atoms with E-state index >= 15 is 0 Å². The van der Waals surface area contributed by atoms with Crippen molar-refractivity contribution in [3.8, 4) is 0 Å². The molecule has 0 aromatic heterocycles. The molecule has 78 valence electrons. The van der Waals surface area contributed by atoms with Crippen molar-refractivity contribution in [2.24, 2.45) is 0 Å². The molecule has 0 aliphatic rings. The maximum atomic E-state index is 4.22. The molecular formula is C11H16BrNS. The maximum Gasteiger partial charge on any atom is 0.0404 e. The van der Waals surface area contributed by atoms with E-state index in [0.29, 0.717) is 0 Å². The lowest BCUT2D eigenvalue weighted by molar-refractivity contribution is 0.857. The third-order valence-corrected chi connectivity index (χ3v) is 3.04. The Kier molecular flexibility index (Phi) is 4.82. The molecule has 0 amide bonds. The van der Waals surface area contributed by atoms with E-state index in [9.17, 15) is 0 Å². The Morgan fingerprint density at radius 3 is 2.79 bits per heavy atom. The molecule has 1 aromatic carbocycles. The topological polar surface area (TPSA) is 3.24 Å². The molecule has 0 radical (unpaired) electrons. The van der Waals surface area contributed by atoms with Crippen LogP contribution in [0.4, 0.5) is 5.69 Å². The van der Waals surface area contributed by atoms with Crippen molar-refractivity contribution in [3.63, 3.8) is 0 Å². The van der Waals surface area contributed by atoms with Gasteiger partial charge >= 0.3 is 0 Å². The highest BCUT2D eigenvalue weighted by Gasteiger charge is 2.04. The van der Waals surface area contributed by atoms with Gasteiger partial charge in [0.2, 0.25) is 0 Å². The summed E-state index contributed by atoms with van der Waals surface area (Å²) in [5.74, 6) is 0.942. The number of benzene rings is 1. The molecular weight excluding hydrogens is 258 g/mol. The molecule has 0 saturated carbocycles. The summed E-state index contributed by atoms with van der Waals surface area (Å²) in [7, 11) is 2.12. The van der Waals surface area contributed by atoms with E-state index < -0.39 is 0 Å². The number of hydrogen-bond acceptors (Lipinski definition) is 2. The summed E-state index contributed by atoms with van der Waals surface area (Å²) in [5.41, 5.74) is 2.61. The molecule has 0 bridgehead atoms. The Hall–Kier alpha value is -0.150. The maximum absolute atomic E-state index is 4.22. The van der Waals surface area contributed by atoms with Crippen LogP contribution in [-0.4, -0.2) is 19.3 Å². The Labute approximate surface area is 100 Å². The summed E-state index contributed by atoms with van der Waals surface area (Å²) in [6, 6.07) is 6.37. The second-order valence-electron chi connectivity index (χ2n) is 3.43. The van der Waals surface area contributed by atoms with Crippen LogP contribution >= 0.6 is 28.6 Å². The van der Waals surface area contributed by atoms with Crippen LogP contribution in [0.1, 0.15) is 12.0 Å². The van der Waals surface area contributed by atoms with Crippen molar-refractivity contribution >= 4 is 34.2 Å². The van der Waals surface area contributed by atoms with Crippen molar-refractivity contribution in [2.75, 3.05) is 24.2 Å². The molecule has 1 rings (SSSR count). The molecule has 0 atom stereocenters. The monoisotopic (exact) mass is 273 g/mol. The van der Waals surface area contributed by atoms with Crippen LogP contribution in [0, 0.1) is 6.92 Å². The van der Waals surface area contributed by atoms with Crippen molar-refractivity contribution in [1.29, 1.82) is 0 Å². The average Bonchev–Trinajstić information content (AvgIpc) is 2.18. The van der Waals surface area contributed by atoms with E-state index in [2.05, 4.69) is 65.6 Å². The summed E-state index contributed by atoms with van der Waals surface area (Å²) in [4.78, 5) is 2.27. The minimum absolute atomic E-state index is 0.942. The van der Waals surface area contributed by atoms with Crippen molar-refractivity contribution < 1.29 is 0 Å². The predicted molar refractivity (Wildman–Crippen MR) is 70.6 cm³/mol. The highest BCUT2D eigenvalue weighted by molar-refractivity contribution is 9.10. The number of hydrogen-bond donors (Lipinski definition) is 1. The molecule has 0 heterocycles. The standard InChI is InChI=1S/C11H16BrNS/c1-9-4-5-10(12)8-11(9)13(2)6-3-7-14/h4-5,8,14H,3,6-7H2,1-2H3. The fraction of sp³-hybridized carbons (Fsp3) is 0.455. The van der Waals surface area contributed by atoms with Gasteiger partial charge in [0.25, 0.3) is 0 Å². The van der Waals surface area contributed by atoms with Gasteiger partial charge in [0.05, 0.1) is 0 Å². The highest BCUT2D eigenvalue weighted by atomic mass is 79.9. The molecule has 14 heavy (non-hydrogen) atoms. The molecule has 0 aliphatic carbocycles. The highest BCUT2D eigenvalue weighted by Crippen LogP contribution is 2.23. The number of aryl methyl sites for hydroxylation is 1. The van der Waals surface area contributed by atoms with E-state index in [-0.39, 0.29) is 0 Å². The minimum atomic E-state index is 0.942. The van der Waals surface area contributed by atoms with Crippen molar-refractivity contribution in [3.05, 3.63) is 28.2 Å². The predicted octanol–water partition coefficient (Wildman–Crippen LogP) is 3.51. The van der Waals surface area contributed by atoms with Crippen LogP contribution < -0.4 is 4.90 Å². The van der Waals surface area contributed by atoms with E-state index in [4.69, 9.17) is 0 Å². The minimum Gasteiger partial charge on any atom is -0.374 e. The number of rotatable bonds is 4. The largest absolute Gasteiger partial charge is 0.374 e. The van der Waals surface area contributed by atoms with Gasteiger partial charge in [-0.3, -0.25) is 0 Å². The molecule has 0 saturated heterocycles. The molecule has 3 heteroatoms. The van der Waals surface area contributed by atoms with Crippen LogP contribution in [0.3, 0.4) is 0 Å². The summed E-state index contributed by atoms with van der Waals surface area (Å²) in [5, 5.41) is 0. The zero-order chi connectivity index (χ0) is 10.6. The first-order valence-corrected chi connectivity index (χ1v) is 6.16. The summed E-state index contributed by atoms with van der Waals surface area (Å²) in [6.45, 7) is 3.19. The normalized spacial score (nSPS) is 10.3. The van der Waals surface area contributed by atoms with Gasteiger partial charge in [-0.15, -0.1) is 0 Å². The third kappa shape index (κ3) is 3.21. The summed E-state index contributed by atoms with van der Waals surface area (Å²) in [6.07, 6.45) is 1.12. The average molecular weight is 274 g/mol. The van der Waals surface area contributed by atoms with E-state index in [1.807, 2.05) is 0 Å². The third-order valence-electron chi connectivity index (χ3n) is 2.23. The molecule has 0 N–H and O–H groups in total. The van der Waals surface area contributed by atoms with Crippen LogP contribution in [0.15, 0.2) is 22.7 Å². The van der Waals surface area contributed by atoms with Crippen LogP contribution in [0.25, 0.3) is 0 Å². The zero-order valence-electron chi connectivity index (χ0n) is 8.63. The van der Waals surface area contributed by atoms with Crippen LogP contribution in [-0.2, 0) is 0 Å². The van der Waals surface area contributed by atoms with Gasteiger partial charge in [0.15, 0.2) is 0 Å². The molecule has 0 aliphatic heterocycles. The Morgan fingerprint density at radius 1 is 1.43 bits per heavy atom. The number of anilines is 1. The number of thiol groups is 1. The quantitative estimate of drug-likeness (QED) is 0.822. The Bertz CT molecular complexity index is 301. The van der Waals surface area contributed by atoms with Gasteiger partial charge < -0.3 is 4.90 Å². The SMILES string of the molecule is Cc1ccc(Br)cc1N(C)CCCS. The van der Waals surface area contributed by atoms with Gasteiger partial charge in [0, 0.05) is 23.8 Å². The lowest BCUT2D eigenvalue weighted by Gasteiger charge is -2.21. The Balaban J connectivity index is 2.77. The van der Waals surface area contributed by atoms with Crippen molar-refractivity contribution in [1.82, 2.24) is 0 Å². The smallest absolute Gasteiger partial charge is 0.0404 e. The van der Waals surface area contributed by atoms with Gasteiger partial charge in [-0.25, -0.2) is 0 Å². The first-order valence-electron chi connectivity index (χ1n) is 4.73. The lowest BCUT2D eigenvalue weighted by atomic mass is 10.2. The lowest BCUT2D eigenvalue weighted by Crippen LogP contribution is -2.19. The zero-order valence-corrected chi connectivity index (χ0v) is 11.1. The van der Waals surface area contributed by atoms with E-state index in [0.717, 1.165) is 23.2 Å². The molecule has 0 unspecified atom stereocenters. The molecule has 1 aromatic rings. The first-order chi connectivity index (χ1) is 6.65. The van der Waals surface area contributed by atoms with Crippen LogP contribution in [0.5, 0.6) is 0 Å².